The third-order valence-electron chi connectivity index (χ3n) is 6.62. The standard InChI is InChI=1S/2C15H16O5/c1-15(2,3)7-4-5-8-9(6-7)11(16)10(14(19)20)13(18)12(8)17;1-15(2,3)7-4-5-8-9(6-7)10(14(19)20)12(17)13(18)11(8)16/h2*4-6,16-18H,1-3H3,(H,19,20). The van der Waals surface area contributed by atoms with E-state index in [9.17, 15) is 45.3 Å². The molecule has 4 aromatic rings. The molecule has 0 fully saturated rings. The minimum atomic E-state index is -1.50. The van der Waals surface area contributed by atoms with E-state index >= 15 is 0 Å². The highest BCUT2D eigenvalue weighted by molar-refractivity contribution is 6.10. The SMILES string of the molecule is CC(C)(C)c1ccc2c(O)c(O)c(C(=O)O)c(O)c2c1.CC(C)(C)c1ccc2c(O)c(O)c(O)c(C(=O)O)c2c1. The van der Waals surface area contributed by atoms with Crippen LogP contribution in [-0.4, -0.2) is 52.8 Å². The van der Waals surface area contributed by atoms with Gasteiger partial charge in [0.25, 0.3) is 0 Å². The molecular formula is C30H32O10. The zero-order chi connectivity index (χ0) is 30.5. The van der Waals surface area contributed by atoms with Crippen molar-refractivity contribution >= 4 is 33.5 Å². The average Bonchev–Trinajstić information content (AvgIpc) is 2.84. The van der Waals surface area contributed by atoms with Crippen LogP contribution in [0, 0.1) is 0 Å². The Kier molecular flexibility index (Phi) is 7.45. The van der Waals surface area contributed by atoms with Crippen molar-refractivity contribution in [3.63, 3.8) is 0 Å². The molecule has 0 unspecified atom stereocenters. The third-order valence-corrected chi connectivity index (χ3v) is 6.62. The monoisotopic (exact) mass is 552 g/mol. The molecule has 0 saturated heterocycles. The van der Waals surface area contributed by atoms with Crippen molar-refractivity contribution in [3.8, 4) is 34.5 Å². The molecule has 8 N–H and O–H groups in total. The Morgan fingerprint density at radius 3 is 1.27 bits per heavy atom. The molecule has 10 nitrogen and oxygen atoms in total. The number of carbonyl (C=O) groups is 2. The Morgan fingerprint density at radius 2 is 0.850 bits per heavy atom. The molecule has 10 heteroatoms. The lowest BCUT2D eigenvalue weighted by molar-refractivity contribution is 0.0680. The van der Waals surface area contributed by atoms with Crippen LogP contribution < -0.4 is 0 Å². The van der Waals surface area contributed by atoms with Gasteiger partial charge in [-0.15, -0.1) is 0 Å². The first-order chi connectivity index (χ1) is 18.3. The van der Waals surface area contributed by atoms with E-state index in [1.54, 1.807) is 30.3 Å². The van der Waals surface area contributed by atoms with Gasteiger partial charge in [-0.1, -0.05) is 65.8 Å². The summed E-state index contributed by atoms with van der Waals surface area (Å²) in [6, 6.07) is 9.84. The van der Waals surface area contributed by atoms with Gasteiger partial charge in [0, 0.05) is 21.5 Å². The second kappa shape index (κ2) is 10.0. The van der Waals surface area contributed by atoms with Gasteiger partial charge in [-0.3, -0.25) is 0 Å². The summed E-state index contributed by atoms with van der Waals surface area (Å²) in [5.74, 6) is -6.96. The highest BCUT2D eigenvalue weighted by Crippen LogP contribution is 2.46. The van der Waals surface area contributed by atoms with E-state index in [0.717, 1.165) is 11.1 Å². The number of rotatable bonds is 2. The molecule has 0 aliphatic carbocycles. The highest BCUT2D eigenvalue weighted by Gasteiger charge is 2.26. The number of hydrogen-bond acceptors (Lipinski definition) is 8. The van der Waals surface area contributed by atoms with Gasteiger partial charge < -0.3 is 40.9 Å². The summed E-state index contributed by atoms with van der Waals surface area (Å²) < 4.78 is 0. The first kappa shape index (κ1) is 29.7. The minimum absolute atomic E-state index is 0.186. The van der Waals surface area contributed by atoms with Crippen molar-refractivity contribution < 1.29 is 50.4 Å². The van der Waals surface area contributed by atoms with Gasteiger partial charge in [0.05, 0.1) is 0 Å². The Hall–Kier alpha value is -4.86. The van der Waals surface area contributed by atoms with Crippen molar-refractivity contribution in [1.82, 2.24) is 0 Å². The largest absolute Gasteiger partial charge is 0.506 e. The lowest BCUT2D eigenvalue weighted by Crippen LogP contribution is -2.11. The summed E-state index contributed by atoms with van der Waals surface area (Å²) in [5.41, 5.74) is 0.214. The second-order valence-electron chi connectivity index (χ2n) is 11.5. The predicted molar refractivity (Wildman–Crippen MR) is 149 cm³/mol. The van der Waals surface area contributed by atoms with Gasteiger partial charge in [0.15, 0.2) is 23.0 Å². The van der Waals surface area contributed by atoms with Crippen molar-refractivity contribution in [2.45, 2.75) is 52.4 Å². The number of fused-ring (bicyclic) bond motifs is 2. The molecule has 0 amide bonds. The minimum Gasteiger partial charge on any atom is -0.506 e. The fourth-order valence-electron chi connectivity index (χ4n) is 4.23. The average molecular weight is 553 g/mol. The normalized spacial score (nSPS) is 11.8. The van der Waals surface area contributed by atoms with Crippen LogP contribution in [0.5, 0.6) is 34.5 Å². The predicted octanol–water partition coefficient (Wildman–Crippen LogP) is 5.90. The maximum Gasteiger partial charge on any atom is 0.343 e. The van der Waals surface area contributed by atoms with Crippen LogP contribution in [0.4, 0.5) is 0 Å². The van der Waals surface area contributed by atoms with Crippen molar-refractivity contribution in [2.75, 3.05) is 0 Å². The summed E-state index contributed by atoms with van der Waals surface area (Å²) in [7, 11) is 0. The van der Waals surface area contributed by atoms with Crippen LogP contribution in [0.2, 0.25) is 0 Å². The molecule has 4 aromatic carbocycles. The molecule has 0 saturated carbocycles. The molecule has 0 aliphatic heterocycles. The lowest BCUT2D eigenvalue weighted by Gasteiger charge is -2.20. The summed E-state index contributed by atoms with van der Waals surface area (Å²) >= 11 is 0. The number of benzene rings is 4. The third kappa shape index (κ3) is 5.20. The fraction of sp³-hybridized carbons (Fsp3) is 0.267. The summed E-state index contributed by atoms with van der Waals surface area (Å²) in [6.07, 6.45) is 0. The zero-order valence-electron chi connectivity index (χ0n) is 22.9. The Bertz CT molecular complexity index is 1670. The van der Waals surface area contributed by atoms with E-state index in [2.05, 4.69) is 0 Å². The zero-order valence-corrected chi connectivity index (χ0v) is 22.9. The van der Waals surface area contributed by atoms with Crippen molar-refractivity contribution in [3.05, 3.63) is 58.7 Å². The van der Waals surface area contributed by atoms with Crippen LogP contribution in [0.15, 0.2) is 36.4 Å². The van der Waals surface area contributed by atoms with E-state index < -0.39 is 57.6 Å². The van der Waals surface area contributed by atoms with Gasteiger partial charge >= 0.3 is 11.9 Å². The van der Waals surface area contributed by atoms with Crippen LogP contribution in [0.1, 0.15) is 73.4 Å². The topological polar surface area (TPSA) is 196 Å². The molecule has 0 heterocycles. The smallest absolute Gasteiger partial charge is 0.343 e. The van der Waals surface area contributed by atoms with Crippen LogP contribution in [0.3, 0.4) is 0 Å². The van der Waals surface area contributed by atoms with E-state index in [4.69, 9.17) is 5.11 Å². The van der Waals surface area contributed by atoms with Crippen LogP contribution in [-0.2, 0) is 10.8 Å². The summed E-state index contributed by atoms with van der Waals surface area (Å²) in [4.78, 5) is 22.4. The van der Waals surface area contributed by atoms with Gasteiger partial charge in [-0.25, -0.2) is 9.59 Å². The summed E-state index contributed by atoms with van der Waals surface area (Å²) in [5, 5.41) is 77.8. The van der Waals surface area contributed by atoms with Gasteiger partial charge in [0.1, 0.15) is 16.9 Å². The molecule has 0 aromatic heterocycles. The molecule has 40 heavy (non-hydrogen) atoms. The number of aromatic hydroxyl groups is 6. The van der Waals surface area contributed by atoms with E-state index in [1.807, 2.05) is 41.5 Å². The molecular weight excluding hydrogens is 520 g/mol. The van der Waals surface area contributed by atoms with Gasteiger partial charge in [0.2, 0.25) is 5.75 Å². The number of aromatic carboxylic acids is 2. The molecule has 0 atom stereocenters. The number of hydrogen-bond donors (Lipinski definition) is 8. The molecule has 0 spiro atoms. The van der Waals surface area contributed by atoms with E-state index in [1.165, 1.54) is 6.07 Å². The quantitative estimate of drug-likeness (QED) is 0.109. The summed E-state index contributed by atoms with van der Waals surface area (Å²) in [6.45, 7) is 11.8. The first-order valence-corrected chi connectivity index (χ1v) is 12.2. The van der Waals surface area contributed by atoms with Crippen molar-refractivity contribution in [1.29, 1.82) is 0 Å². The lowest BCUT2D eigenvalue weighted by atomic mass is 9.85. The number of carboxylic acids is 2. The van der Waals surface area contributed by atoms with Crippen LogP contribution >= 0.6 is 0 Å². The van der Waals surface area contributed by atoms with Gasteiger partial charge in [-0.2, -0.15) is 0 Å². The maximum atomic E-state index is 11.3. The first-order valence-electron chi connectivity index (χ1n) is 12.2. The molecule has 4 rings (SSSR count). The Labute approximate surface area is 229 Å². The molecule has 212 valence electrons. The molecule has 0 bridgehead atoms. The van der Waals surface area contributed by atoms with Gasteiger partial charge in [-0.05, 0) is 34.1 Å². The molecule has 0 radical (unpaired) electrons. The molecule has 0 aliphatic rings. The van der Waals surface area contributed by atoms with E-state index in [0.29, 0.717) is 0 Å². The Balaban J connectivity index is 0.000000220. The van der Waals surface area contributed by atoms with E-state index in [-0.39, 0.29) is 32.4 Å². The number of phenolic OH excluding ortho intramolecular Hbond substituents is 3. The van der Waals surface area contributed by atoms with Crippen LogP contribution in [0.25, 0.3) is 21.5 Å². The highest BCUT2D eigenvalue weighted by atomic mass is 16.4. The Morgan fingerprint density at radius 1 is 0.475 bits per heavy atom. The maximum absolute atomic E-state index is 11.3. The van der Waals surface area contributed by atoms with Crippen molar-refractivity contribution in [2.24, 2.45) is 0 Å². The number of phenols is 6. The number of carboxylic acid groups (broad SMARTS) is 2. The second-order valence-corrected chi connectivity index (χ2v) is 11.5. The fourth-order valence-corrected chi connectivity index (χ4v) is 4.23.